The first-order chi connectivity index (χ1) is 9.81. The van der Waals surface area contributed by atoms with E-state index in [1.165, 1.54) is 64.2 Å². The fourth-order valence-corrected chi connectivity index (χ4v) is 3.19. The van der Waals surface area contributed by atoms with Crippen LogP contribution in [-0.2, 0) is 4.74 Å². The van der Waals surface area contributed by atoms with E-state index in [0.717, 1.165) is 19.1 Å². The van der Waals surface area contributed by atoms with Gasteiger partial charge in [-0.05, 0) is 38.1 Å². The second-order valence-electron chi connectivity index (χ2n) is 6.49. The fourth-order valence-electron chi connectivity index (χ4n) is 3.19. The highest BCUT2D eigenvalue weighted by Crippen LogP contribution is 2.22. The van der Waals surface area contributed by atoms with Crippen LogP contribution in [-0.4, -0.2) is 25.3 Å². The predicted octanol–water partition coefficient (Wildman–Crippen LogP) is 4.92. The molecule has 2 heteroatoms. The maximum absolute atomic E-state index is 6.36. The number of hydrogen-bond acceptors (Lipinski definition) is 2. The van der Waals surface area contributed by atoms with Gasteiger partial charge in [0.25, 0.3) is 0 Å². The maximum atomic E-state index is 6.36. The molecule has 0 bridgehead atoms. The molecule has 0 amide bonds. The van der Waals surface area contributed by atoms with E-state index >= 15 is 0 Å². The lowest BCUT2D eigenvalue weighted by Crippen LogP contribution is -2.41. The molecule has 1 rings (SSSR count). The third-order valence-corrected chi connectivity index (χ3v) is 4.70. The molecule has 0 aromatic rings. The number of ether oxygens (including phenoxy) is 1. The molecule has 0 spiro atoms. The summed E-state index contributed by atoms with van der Waals surface area (Å²) in [6.07, 6.45) is 13.6. The van der Waals surface area contributed by atoms with Gasteiger partial charge in [0.2, 0.25) is 0 Å². The van der Waals surface area contributed by atoms with Crippen molar-refractivity contribution in [3.8, 4) is 0 Å². The Labute approximate surface area is 127 Å². The summed E-state index contributed by atoms with van der Waals surface area (Å²) in [4.78, 5) is 0. The van der Waals surface area contributed by atoms with Gasteiger partial charge < -0.3 is 10.1 Å². The summed E-state index contributed by atoms with van der Waals surface area (Å²) in [6.45, 7) is 8.95. The molecule has 0 aromatic heterocycles. The molecule has 0 heterocycles. The quantitative estimate of drug-likeness (QED) is 0.575. The Bertz CT molecular complexity index is 219. The average molecular weight is 284 g/mol. The Hall–Kier alpha value is -0.0800. The van der Waals surface area contributed by atoms with Crippen LogP contribution in [0.1, 0.15) is 85.0 Å². The smallest absolute Gasteiger partial charge is 0.0728 e. The number of unbranched alkanes of at least 4 members (excludes halogenated alkanes) is 1. The van der Waals surface area contributed by atoms with Crippen molar-refractivity contribution in [3.05, 3.63) is 0 Å². The molecule has 20 heavy (non-hydrogen) atoms. The van der Waals surface area contributed by atoms with Crippen LogP contribution in [0.4, 0.5) is 0 Å². The molecule has 0 radical (unpaired) electrons. The van der Waals surface area contributed by atoms with Crippen molar-refractivity contribution >= 4 is 0 Å². The minimum Gasteiger partial charge on any atom is -0.376 e. The SMILES string of the molecule is CCCCC(CC)COC1CCCCCC1NCCC. The molecule has 3 atom stereocenters. The Morgan fingerprint density at radius 1 is 1.05 bits per heavy atom. The summed E-state index contributed by atoms with van der Waals surface area (Å²) in [5.74, 6) is 0.769. The van der Waals surface area contributed by atoms with Crippen LogP contribution in [0.2, 0.25) is 0 Å². The Balaban J connectivity index is 2.38. The summed E-state index contributed by atoms with van der Waals surface area (Å²) in [7, 11) is 0. The molecule has 1 aliphatic carbocycles. The molecule has 0 saturated heterocycles. The topological polar surface area (TPSA) is 21.3 Å². The lowest BCUT2D eigenvalue weighted by Gasteiger charge is -2.28. The van der Waals surface area contributed by atoms with Crippen LogP contribution in [0, 0.1) is 5.92 Å². The summed E-state index contributed by atoms with van der Waals surface area (Å²) >= 11 is 0. The Kier molecular flexibility index (Phi) is 10.4. The van der Waals surface area contributed by atoms with Crippen molar-refractivity contribution in [2.24, 2.45) is 5.92 Å². The van der Waals surface area contributed by atoms with Crippen molar-refractivity contribution < 1.29 is 4.74 Å². The highest BCUT2D eigenvalue weighted by Gasteiger charge is 2.24. The summed E-state index contributed by atoms with van der Waals surface area (Å²) in [5, 5.41) is 3.72. The predicted molar refractivity (Wildman–Crippen MR) is 88.2 cm³/mol. The van der Waals surface area contributed by atoms with Crippen LogP contribution < -0.4 is 5.32 Å². The second-order valence-corrected chi connectivity index (χ2v) is 6.49. The fraction of sp³-hybridized carbons (Fsp3) is 1.00. The first kappa shape index (κ1) is 18.0. The van der Waals surface area contributed by atoms with Crippen LogP contribution in [0.25, 0.3) is 0 Å². The van der Waals surface area contributed by atoms with Crippen LogP contribution in [0.15, 0.2) is 0 Å². The van der Waals surface area contributed by atoms with Crippen molar-refractivity contribution in [1.29, 1.82) is 0 Å². The molecule has 1 N–H and O–H groups in total. The van der Waals surface area contributed by atoms with E-state index < -0.39 is 0 Å². The van der Waals surface area contributed by atoms with E-state index in [9.17, 15) is 0 Å². The number of rotatable bonds is 10. The molecule has 1 aliphatic rings. The van der Waals surface area contributed by atoms with E-state index in [0.29, 0.717) is 12.1 Å². The van der Waals surface area contributed by atoms with Crippen LogP contribution >= 0.6 is 0 Å². The molecular weight excluding hydrogens is 246 g/mol. The third-order valence-electron chi connectivity index (χ3n) is 4.70. The molecule has 1 fully saturated rings. The maximum Gasteiger partial charge on any atom is 0.0728 e. The average Bonchev–Trinajstić information content (AvgIpc) is 2.70. The Morgan fingerprint density at radius 2 is 1.85 bits per heavy atom. The molecular formula is C18H37NO. The van der Waals surface area contributed by atoms with Crippen LogP contribution in [0.3, 0.4) is 0 Å². The standard InChI is InChI=1S/C18H37NO/c1-4-7-11-16(6-3)15-20-18-13-10-8-9-12-17(18)19-14-5-2/h16-19H,4-15H2,1-3H3. The highest BCUT2D eigenvalue weighted by atomic mass is 16.5. The van der Waals surface area contributed by atoms with Crippen molar-refractivity contribution in [1.82, 2.24) is 5.32 Å². The minimum absolute atomic E-state index is 0.458. The van der Waals surface area contributed by atoms with Gasteiger partial charge in [0.15, 0.2) is 0 Å². The van der Waals surface area contributed by atoms with Gasteiger partial charge in [-0.3, -0.25) is 0 Å². The van der Waals surface area contributed by atoms with E-state index in [1.54, 1.807) is 0 Å². The first-order valence-corrected chi connectivity index (χ1v) is 9.16. The highest BCUT2D eigenvalue weighted by molar-refractivity contribution is 4.80. The lowest BCUT2D eigenvalue weighted by molar-refractivity contribution is -0.000185. The van der Waals surface area contributed by atoms with Gasteiger partial charge >= 0.3 is 0 Å². The summed E-state index contributed by atoms with van der Waals surface area (Å²) in [5.41, 5.74) is 0. The Morgan fingerprint density at radius 3 is 2.55 bits per heavy atom. The molecule has 3 unspecified atom stereocenters. The van der Waals surface area contributed by atoms with Crippen molar-refractivity contribution in [2.75, 3.05) is 13.2 Å². The zero-order chi connectivity index (χ0) is 14.6. The number of hydrogen-bond donors (Lipinski definition) is 1. The van der Waals surface area contributed by atoms with Crippen molar-refractivity contribution in [2.45, 2.75) is 97.1 Å². The normalized spacial score (nSPS) is 25.4. The lowest BCUT2D eigenvalue weighted by atomic mass is 10.00. The molecule has 0 aliphatic heterocycles. The van der Waals surface area contributed by atoms with E-state index in [-0.39, 0.29) is 0 Å². The van der Waals surface area contributed by atoms with Gasteiger partial charge in [0, 0.05) is 12.6 Å². The molecule has 0 aromatic carbocycles. The zero-order valence-corrected chi connectivity index (χ0v) is 14.1. The summed E-state index contributed by atoms with van der Waals surface area (Å²) in [6, 6.07) is 0.598. The summed E-state index contributed by atoms with van der Waals surface area (Å²) < 4.78 is 6.36. The van der Waals surface area contributed by atoms with Crippen LogP contribution in [0.5, 0.6) is 0 Å². The molecule has 1 saturated carbocycles. The molecule has 2 nitrogen and oxygen atoms in total. The third kappa shape index (κ3) is 7.08. The van der Waals surface area contributed by atoms with E-state index in [2.05, 4.69) is 26.1 Å². The van der Waals surface area contributed by atoms with Gasteiger partial charge in [-0.1, -0.05) is 59.3 Å². The van der Waals surface area contributed by atoms with E-state index in [1.807, 2.05) is 0 Å². The molecule has 120 valence electrons. The second kappa shape index (κ2) is 11.6. The van der Waals surface area contributed by atoms with E-state index in [4.69, 9.17) is 4.74 Å². The van der Waals surface area contributed by atoms with Gasteiger partial charge in [0.1, 0.15) is 0 Å². The first-order valence-electron chi connectivity index (χ1n) is 9.16. The zero-order valence-electron chi connectivity index (χ0n) is 14.1. The monoisotopic (exact) mass is 283 g/mol. The van der Waals surface area contributed by atoms with Gasteiger partial charge in [-0.2, -0.15) is 0 Å². The van der Waals surface area contributed by atoms with Crippen molar-refractivity contribution in [3.63, 3.8) is 0 Å². The van der Waals surface area contributed by atoms with Gasteiger partial charge in [0.05, 0.1) is 6.10 Å². The largest absolute Gasteiger partial charge is 0.376 e. The number of nitrogens with one attached hydrogen (secondary N) is 1. The minimum atomic E-state index is 0.458. The van der Waals surface area contributed by atoms with Gasteiger partial charge in [-0.15, -0.1) is 0 Å². The van der Waals surface area contributed by atoms with Gasteiger partial charge in [-0.25, -0.2) is 0 Å².